The van der Waals surface area contributed by atoms with Crippen LogP contribution >= 0.6 is 23.7 Å². The molecule has 2 unspecified atom stereocenters. The fraction of sp³-hybridized carbons (Fsp3) is 0.786. The van der Waals surface area contributed by atoms with Gasteiger partial charge in [-0.05, 0) is 13.8 Å². The molecule has 2 fully saturated rings. The minimum Gasteiger partial charge on any atom is -0.375 e. The van der Waals surface area contributed by atoms with Gasteiger partial charge in [0.2, 0.25) is 0 Å². The lowest BCUT2D eigenvalue weighted by Crippen LogP contribution is -2.56. The Morgan fingerprint density at radius 1 is 1.20 bits per heavy atom. The largest absolute Gasteiger partial charge is 0.375 e. The maximum absolute atomic E-state index is 12.9. The summed E-state index contributed by atoms with van der Waals surface area (Å²) in [6.45, 7) is 7.90. The van der Waals surface area contributed by atoms with Crippen molar-refractivity contribution in [2.75, 3.05) is 45.0 Å². The Morgan fingerprint density at radius 2 is 1.80 bits per heavy atom. The zero-order valence-electron chi connectivity index (χ0n) is 14.5. The van der Waals surface area contributed by atoms with Crippen molar-refractivity contribution in [1.29, 1.82) is 0 Å². The molecule has 2 aliphatic rings. The van der Waals surface area contributed by atoms with Gasteiger partial charge in [0, 0.05) is 56.9 Å². The number of thiazole rings is 1. The second-order valence-electron chi connectivity index (χ2n) is 6.42. The molecule has 0 radical (unpaired) electrons. The van der Waals surface area contributed by atoms with Gasteiger partial charge in [0.1, 0.15) is 0 Å². The van der Waals surface area contributed by atoms with E-state index in [0.29, 0.717) is 44.4 Å². The second-order valence-corrected chi connectivity index (χ2v) is 9.50. The predicted molar refractivity (Wildman–Crippen MR) is 101 cm³/mol. The van der Waals surface area contributed by atoms with E-state index in [9.17, 15) is 8.42 Å². The molecule has 144 valence electrons. The van der Waals surface area contributed by atoms with E-state index in [-0.39, 0.29) is 24.6 Å². The molecular formula is C14H26ClN5O3S2. The first-order chi connectivity index (χ1) is 11.3. The average Bonchev–Trinajstić information content (AvgIpc) is 2.92. The highest BCUT2D eigenvalue weighted by Crippen LogP contribution is 2.21. The molecule has 0 bridgehead atoms. The van der Waals surface area contributed by atoms with Crippen molar-refractivity contribution in [2.24, 2.45) is 0 Å². The Balaban J connectivity index is 0.00000225. The van der Waals surface area contributed by atoms with Gasteiger partial charge in [0.25, 0.3) is 10.2 Å². The molecule has 2 atom stereocenters. The number of anilines is 1. The third-order valence-electron chi connectivity index (χ3n) is 4.32. The lowest BCUT2D eigenvalue weighted by Gasteiger charge is -2.40. The first-order valence-corrected chi connectivity index (χ1v) is 10.4. The summed E-state index contributed by atoms with van der Waals surface area (Å²) in [7, 11) is -3.41. The highest BCUT2D eigenvalue weighted by Gasteiger charge is 2.36. The number of ether oxygens (including phenoxy) is 1. The molecule has 0 saturated carbocycles. The van der Waals surface area contributed by atoms with Crippen molar-refractivity contribution < 1.29 is 13.2 Å². The van der Waals surface area contributed by atoms with Crippen LogP contribution in [0.2, 0.25) is 0 Å². The Labute approximate surface area is 159 Å². The monoisotopic (exact) mass is 411 g/mol. The van der Waals surface area contributed by atoms with E-state index in [2.05, 4.69) is 9.88 Å². The van der Waals surface area contributed by atoms with Crippen molar-refractivity contribution in [2.45, 2.75) is 32.6 Å². The lowest BCUT2D eigenvalue weighted by atomic mass is 10.3. The van der Waals surface area contributed by atoms with Crippen molar-refractivity contribution >= 4 is 39.1 Å². The highest BCUT2D eigenvalue weighted by molar-refractivity contribution is 7.86. The molecule has 2 aliphatic heterocycles. The molecule has 2 N–H and O–H groups in total. The van der Waals surface area contributed by atoms with Gasteiger partial charge >= 0.3 is 0 Å². The molecule has 0 aliphatic carbocycles. The molecule has 3 heterocycles. The van der Waals surface area contributed by atoms with Crippen LogP contribution in [-0.4, -0.2) is 78.4 Å². The lowest BCUT2D eigenvalue weighted by molar-refractivity contribution is -0.0457. The molecular weight excluding hydrogens is 386 g/mol. The molecule has 1 aromatic rings. The van der Waals surface area contributed by atoms with E-state index in [1.54, 1.807) is 14.8 Å². The number of nitrogens with two attached hydrogens (primary N) is 1. The molecule has 3 rings (SSSR count). The average molecular weight is 412 g/mol. The molecule has 25 heavy (non-hydrogen) atoms. The Kier molecular flexibility index (Phi) is 7.05. The summed E-state index contributed by atoms with van der Waals surface area (Å²) >= 11 is 1.48. The molecule has 0 spiro atoms. The highest BCUT2D eigenvalue weighted by atomic mass is 35.5. The predicted octanol–water partition coefficient (Wildman–Crippen LogP) is 0.619. The van der Waals surface area contributed by atoms with E-state index in [1.165, 1.54) is 11.3 Å². The minimum absolute atomic E-state index is 0. The van der Waals surface area contributed by atoms with Crippen LogP contribution in [0.3, 0.4) is 0 Å². The SMILES string of the molecule is CC1CN(S(=O)(=O)N2CCN(Cc3cnc(N)s3)CC2)CC(C)O1.Cl. The number of nitrogen functional groups attached to an aromatic ring is 1. The number of piperazine rings is 1. The van der Waals surface area contributed by atoms with E-state index < -0.39 is 10.2 Å². The van der Waals surface area contributed by atoms with Gasteiger partial charge in [-0.25, -0.2) is 4.98 Å². The minimum atomic E-state index is -3.41. The standard InChI is InChI=1S/C14H25N5O3S2.ClH/c1-11-8-19(9-12(2)22-11)24(20,21)18-5-3-17(4-6-18)10-13-7-16-14(15)23-13;/h7,11-12H,3-6,8-10H2,1-2H3,(H2,15,16);1H. The van der Waals surface area contributed by atoms with Gasteiger partial charge in [-0.1, -0.05) is 0 Å². The van der Waals surface area contributed by atoms with Gasteiger partial charge in [-0.2, -0.15) is 17.0 Å². The Morgan fingerprint density at radius 3 is 2.32 bits per heavy atom. The fourth-order valence-corrected chi connectivity index (χ4v) is 5.69. The van der Waals surface area contributed by atoms with Crippen molar-refractivity contribution in [3.8, 4) is 0 Å². The molecule has 1 aromatic heterocycles. The molecule has 0 aromatic carbocycles. The number of hydrogen-bond donors (Lipinski definition) is 1. The molecule has 8 nitrogen and oxygen atoms in total. The molecule has 2 saturated heterocycles. The first kappa shape index (κ1) is 20.8. The maximum Gasteiger partial charge on any atom is 0.282 e. The zero-order valence-corrected chi connectivity index (χ0v) is 16.9. The normalized spacial score (nSPS) is 27.1. The van der Waals surface area contributed by atoms with Crippen molar-refractivity contribution in [1.82, 2.24) is 18.5 Å². The number of halogens is 1. The summed E-state index contributed by atoms with van der Waals surface area (Å²) in [5.41, 5.74) is 5.65. The zero-order chi connectivity index (χ0) is 17.3. The van der Waals surface area contributed by atoms with Gasteiger partial charge in [-0.3, -0.25) is 4.90 Å². The summed E-state index contributed by atoms with van der Waals surface area (Å²) in [5, 5.41) is 0.571. The summed E-state index contributed by atoms with van der Waals surface area (Å²) < 4.78 is 34.5. The van der Waals surface area contributed by atoms with Crippen LogP contribution in [0.4, 0.5) is 5.13 Å². The molecule has 0 amide bonds. The van der Waals surface area contributed by atoms with E-state index >= 15 is 0 Å². The number of morpholine rings is 1. The van der Waals surface area contributed by atoms with Crippen LogP contribution in [0.25, 0.3) is 0 Å². The third-order valence-corrected chi connectivity index (χ3v) is 7.10. The van der Waals surface area contributed by atoms with Crippen molar-refractivity contribution in [3.05, 3.63) is 11.1 Å². The summed E-state index contributed by atoms with van der Waals surface area (Å²) in [4.78, 5) is 7.41. The van der Waals surface area contributed by atoms with E-state index in [4.69, 9.17) is 10.5 Å². The number of aromatic nitrogens is 1. The van der Waals surface area contributed by atoms with Crippen LogP contribution in [0.15, 0.2) is 6.20 Å². The number of nitrogens with zero attached hydrogens (tertiary/aromatic N) is 4. The maximum atomic E-state index is 12.9. The molecule has 11 heteroatoms. The summed E-state index contributed by atoms with van der Waals surface area (Å²) in [5.74, 6) is 0. The van der Waals surface area contributed by atoms with Crippen LogP contribution < -0.4 is 5.73 Å². The summed E-state index contributed by atoms with van der Waals surface area (Å²) in [6, 6.07) is 0. The smallest absolute Gasteiger partial charge is 0.282 e. The van der Waals surface area contributed by atoms with Gasteiger partial charge in [-0.15, -0.1) is 23.7 Å². The quantitative estimate of drug-likeness (QED) is 0.780. The number of hydrogen-bond acceptors (Lipinski definition) is 7. The fourth-order valence-electron chi connectivity index (χ4n) is 3.22. The second kappa shape index (κ2) is 8.47. The Bertz CT molecular complexity index is 653. The van der Waals surface area contributed by atoms with Crippen LogP contribution in [-0.2, 0) is 21.5 Å². The first-order valence-electron chi connectivity index (χ1n) is 8.18. The van der Waals surface area contributed by atoms with Crippen molar-refractivity contribution in [3.63, 3.8) is 0 Å². The third kappa shape index (κ3) is 5.03. The van der Waals surface area contributed by atoms with Crippen LogP contribution in [0.1, 0.15) is 18.7 Å². The van der Waals surface area contributed by atoms with Crippen LogP contribution in [0.5, 0.6) is 0 Å². The van der Waals surface area contributed by atoms with E-state index in [1.807, 2.05) is 13.8 Å². The topological polar surface area (TPSA) is 92.0 Å². The number of rotatable bonds is 4. The van der Waals surface area contributed by atoms with Gasteiger partial charge in [0.05, 0.1) is 12.2 Å². The van der Waals surface area contributed by atoms with Gasteiger partial charge < -0.3 is 10.5 Å². The Hall–Kier alpha value is -0.490. The van der Waals surface area contributed by atoms with E-state index in [0.717, 1.165) is 11.4 Å². The van der Waals surface area contributed by atoms with Crippen LogP contribution in [0, 0.1) is 0 Å². The summed E-state index contributed by atoms with van der Waals surface area (Å²) in [6.07, 6.45) is 1.66. The van der Waals surface area contributed by atoms with Gasteiger partial charge in [0.15, 0.2) is 5.13 Å².